The van der Waals surface area contributed by atoms with Crippen molar-refractivity contribution in [1.82, 2.24) is 10.2 Å². The number of carbonyl (C=O) groups excluding carboxylic acids is 1. The molecule has 18 heavy (non-hydrogen) atoms. The molecule has 0 saturated carbocycles. The topological polar surface area (TPSA) is 124 Å². The van der Waals surface area contributed by atoms with Gasteiger partial charge in [-0.1, -0.05) is 17.4 Å². The van der Waals surface area contributed by atoms with Gasteiger partial charge in [0.1, 0.15) is 0 Å². The lowest BCUT2D eigenvalue weighted by molar-refractivity contribution is -0.384. The highest BCUT2D eigenvalue weighted by atomic mass is 32.1. The Morgan fingerprint density at radius 2 is 2.22 bits per heavy atom. The summed E-state index contributed by atoms with van der Waals surface area (Å²) in [7, 11) is 0. The van der Waals surface area contributed by atoms with Crippen LogP contribution >= 0.6 is 11.3 Å². The highest BCUT2D eigenvalue weighted by Gasteiger charge is 2.13. The number of hydrogen-bond acceptors (Lipinski definition) is 7. The van der Waals surface area contributed by atoms with Gasteiger partial charge in [-0.15, -0.1) is 10.2 Å². The van der Waals surface area contributed by atoms with Gasteiger partial charge in [0.2, 0.25) is 10.1 Å². The first kappa shape index (κ1) is 11.9. The van der Waals surface area contributed by atoms with Crippen LogP contribution in [0.15, 0.2) is 24.3 Å². The summed E-state index contributed by atoms with van der Waals surface area (Å²) in [5, 5.41) is 20.4. The van der Waals surface area contributed by atoms with Gasteiger partial charge in [-0.3, -0.25) is 14.9 Å². The molecule has 0 radical (unpaired) electrons. The SMILES string of the molecule is Nc1nnc(C(=O)Nc2cccc([N+](=O)[O-])c2)s1. The Morgan fingerprint density at radius 1 is 1.44 bits per heavy atom. The fraction of sp³-hybridized carbons (Fsp3) is 0. The van der Waals surface area contributed by atoms with Crippen molar-refractivity contribution in [2.45, 2.75) is 0 Å². The maximum absolute atomic E-state index is 11.7. The Bertz CT molecular complexity index is 612. The number of aromatic nitrogens is 2. The van der Waals surface area contributed by atoms with Crippen LogP contribution < -0.4 is 11.1 Å². The van der Waals surface area contributed by atoms with Crippen molar-refractivity contribution in [1.29, 1.82) is 0 Å². The van der Waals surface area contributed by atoms with E-state index < -0.39 is 10.8 Å². The van der Waals surface area contributed by atoms with Crippen LogP contribution in [0.2, 0.25) is 0 Å². The Labute approximate surface area is 105 Å². The van der Waals surface area contributed by atoms with E-state index in [1.165, 1.54) is 24.3 Å². The molecule has 1 heterocycles. The molecule has 1 aromatic heterocycles. The molecule has 0 aliphatic heterocycles. The molecule has 2 aromatic rings. The Kier molecular flexibility index (Phi) is 3.15. The van der Waals surface area contributed by atoms with E-state index in [1.807, 2.05) is 0 Å². The van der Waals surface area contributed by atoms with Crippen LogP contribution in [0.3, 0.4) is 0 Å². The second kappa shape index (κ2) is 4.75. The van der Waals surface area contributed by atoms with Crippen molar-refractivity contribution in [3.8, 4) is 0 Å². The Hall–Kier alpha value is -2.55. The number of hydrogen-bond donors (Lipinski definition) is 2. The first-order chi connectivity index (χ1) is 8.56. The molecule has 2 rings (SSSR count). The number of nitrogens with zero attached hydrogens (tertiary/aromatic N) is 3. The van der Waals surface area contributed by atoms with E-state index in [0.717, 1.165) is 11.3 Å². The van der Waals surface area contributed by atoms with Gasteiger partial charge >= 0.3 is 0 Å². The molecular formula is C9H7N5O3S. The number of rotatable bonds is 3. The number of anilines is 2. The first-order valence-corrected chi connectivity index (χ1v) is 5.52. The number of nitrogen functional groups attached to an aromatic ring is 1. The van der Waals surface area contributed by atoms with E-state index in [2.05, 4.69) is 15.5 Å². The second-order valence-electron chi connectivity index (χ2n) is 3.21. The van der Waals surface area contributed by atoms with Gasteiger partial charge < -0.3 is 11.1 Å². The minimum atomic E-state index is -0.543. The van der Waals surface area contributed by atoms with Crippen LogP contribution in [0.25, 0.3) is 0 Å². The zero-order valence-electron chi connectivity index (χ0n) is 8.86. The predicted molar refractivity (Wildman–Crippen MR) is 65.4 cm³/mol. The summed E-state index contributed by atoms with van der Waals surface area (Å²) in [6.45, 7) is 0. The van der Waals surface area contributed by atoms with Gasteiger partial charge in [0.15, 0.2) is 0 Å². The van der Waals surface area contributed by atoms with E-state index in [1.54, 1.807) is 0 Å². The maximum atomic E-state index is 11.7. The largest absolute Gasteiger partial charge is 0.374 e. The molecule has 3 N–H and O–H groups in total. The summed E-state index contributed by atoms with van der Waals surface area (Å²) >= 11 is 0.935. The van der Waals surface area contributed by atoms with Gasteiger partial charge in [0, 0.05) is 17.8 Å². The van der Waals surface area contributed by atoms with Crippen LogP contribution in [0, 0.1) is 10.1 Å². The zero-order valence-corrected chi connectivity index (χ0v) is 9.68. The normalized spacial score (nSPS) is 10.0. The lowest BCUT2D eigenvalue weighted by atomic mass is 10.3. The lowest BCUT2D eigenvalue weighted by Crippen LogP contribution is -2.11. The van der Waals surface area contributed by atoms with Crippen molar-refractivity contribution in [3.05, 3.63) is 39.4 Å². The summed E-state index contributed by atoms with van der Waals surface area (Å²) in [6.07, 6.45) is 0. The molecule has 0 fully saturated rings. The van der Waals surface area contributed by atoms with Crippen LogP contribution in [-0.2, 0) is 0 Å². The monoisotopic (exact) mass is 265 g/mol. The Morgan fingerprint density at radius 3 is 2.83 bits per heavy atom. The maximum Gasteiger partial charge on any atom is 0.286 e. The van der Waals surface area contributed by atoms with Gasteiger partial charge in [0.25, 0.3) is 11.6 Å². The molecule has 9 heteroatoms. The van der Waals surface area contributed by atoms with Crippen LogP contribution in [0.4, 0.5) is 16.5 Å². The molecule has 1 aromatic carbocycles. The number of carbonyl (C=O) groups is 1. The molecule has 0 aliphatic rings. The van der Waals surface area contributed by atoms with Gasteiger partial charge in [-0.2, -0.15) is 0 Å². The number of nitro benzene ring substituents is 1. The molecule has 0 bridgehead atoms. The van der Waals surface area contributed by atoms with Crippen molar-refractivity contribution in [2.75, 3.05) is 11.1 Å². The average molecular weight is 265 g/mol. The number of benzene rings is 1. The van der Waals surface area contributed by atoms with Crippen molar-refractivity contribution in [3.63, 3.8) is 0 Å². The zero-order chi connectivity index (χ0) is 13.1. The molecule has 0 saturated heterocycles. The van der Waals surface area contributed by atoms with Crippen LogP contribution in [0.1, 0.15) is 9.80 Å². The third-order valence-corrected chi connectivity index (χ3v) is 2.70. The summed E-state index contributed by atoms with van der Waals surface area (Å²) in [6, 6.07) is 5.60. The Balaban J connectivity index is 2.16. The van der Waals surface area contributed by atoms with E-state index in [0.29, 0.717) is 5.69 Å². The van der Waals surface area contributed by atoms with Crippen molar-refractivity contribution >= 4 is 33.8 Å². The molecule has 92 valence electrons. The molecule has 0 atom stereocenters. The fourth-order valence-electron chi connectivity index (χ4n) is 1.21. The number of non-ortho nitro benzene ring substituents is 1. The minimum absolute atomic E-state index is 0.0963. The van der Waals surface area contributed by atoms with Crippen molar-refractivity contribution < 1.29 is 9.72 Å². The summed E-state index contributed by atoms with van der Waals surface area (Å²) in [5.74, 6) is -0.510. The molecule has 0 aliphatic carbocycles. The quantitative estimate of drug-likeness (QED) is 0.636. The molecular weight excluding hydrogens is 258 g/mol. The van der Waals surface area contributed by atoms with Gasteiger partial charge in [0.05, 0.1) is 4.92 Å². The highest BCUT2D eigenvalue weighted by Crippen LogP contribution is 2.18. The van der Waals surface area contributed by atoms with Gasteiger partial charge in [-0.25, -0.2) is 0 Å². The standard InChI is InChI=1S/C9H7N5O3S/c10-9-13-12-8(18-9)7(15)11-5-2-1-3-6(4-5)14(16)17/h1-4H,(H2,10,13)(H,11,15). The van der Waals surface area contributed by atoms with E-state index >= 15 is 0 Å². The number of nitrogens with one attached hydrogen (secondary N) is 1. The third kappa shape index (κ3) is 2.58. The van der Waals surface area contributed by atoms with E-state index in [4.69, 9.17) is 5.73 Å². The van der Waals surface area contributed by atoms with Crippen molar-refractivity contribution in [2.24, 2.45) is 0 Å². The van der Waals surface area contributed by atoms with Crippen LogP contribution in [-0.4, -0.2) is 21.0 Å². The molecule has 8 nitrogen and oxygen atoms in total. The smallest absolute Gasteiger partial charge is 0.286 e. The molecule has 0 spiro atoms. The second-order valence-corrected chi connectivity index (χ2v) is 4.22. The average Bonchev–Trinajstić information content (AvgIpc) is 2.76. The number of amides is 1. The summed E-state index contributed by atoms with van der Waals surface area (Å²) in [4.78, 5) is 21.7. The number of nitro groups is 1. The minimum Gasteiger partial charge on any atom is -0.374 e. The van der Waals surface area contributed by atoms with Crippen LogP contribution in [0.5, 0.6) is 0 Å². The lowest BCUT2D eigenvalue weighted by Gasteiger charge is -2.01. The summed E-state index contributed by atoms with van der Waals surface area (Å²) in [5.41, 5.74) is 5.55. The predicted octanol–water partition coefficient (Wildman–Crippen LogP) is 1.28. The fourth-order valence-corrected chi connectivity index (χ4v) is 1.71. The molecule has 1 amide bonds. The third-order valence-electron chi connectivity index (χ3n) is 1.95. The van der Waals surface area contributed by atoms with Gasteiger partial charge in [-0.05, 0) is 6.07 Å². The number of nitrogens with two attached hydrogens (primary N) is 1. The highest BCUT2D eigenvalue weighted by molar-refractivity contribution is 7.16. The summed E-state index contributed by atoms with van der Waals surface area (Å²) < 4.78 is 0. The molecule has 0 unspecified atom stereocenters. The van der Waals surface area contributed by atoms with E-state index in [-0.39, 0.29) is 15.8 Å². The first-order valence-electron chi connectivity index (χ1n) is 4.71. The van der Waals surface area contributed by atoms with E-state index in [9.17, 15) is 14.9 Å².